The third kappa shape index (κ3) is 5.07. The lowest BCUT2D eigenvalue weighted by Crippen LogP contribution is -2.09. The van der Waals surface area contributed by atoms with E-state index in [4.69, 9.17) is 13.8 Å². The molecular formula is C53H33N3O2. The van der Waals surface area contributed by atoms with Crippen LogP contribution in [-0.2, 0) is 0 Å². The maximum atomic E-state index is 6.43. The van der Waals surface area contributed by atoms with Crippen LogP contribution < -0.4 is 4.90 Å². The Hall–Kier alpha value is -7.89. The fourth-order valence-electron chi connectivity index (χ4n) is 8.75. The zero-order valence-electron chi connectivity index (χ0n) is 31.2. The third-order valence-corrected chi connectivity index (χ3v) is 11.4. The number of fused-ring (bicyclic) bond motifs is 9. The van der Waals surface area contributed by atoms with Gasteiger partial charge in [0.2, 0.25) is 5.89 Å². The number of anilines is 3. The van der Waals surface area contributed by atoms with Gasteiger partial charge in [-0.3, -0.25) is 0 Å². The molecule has 0 N–H and O–H groups in total. The smallest absolute Gasteiger partial charge is 0.227 e. The molecule has 0 fully saturated rings. The minimum Gasteiger partial charge on any atom is -0.456 e. The van der Waals surface area contributed by atoms with Gasteiger partial charge >= 0.3 is 0 Å². The Bertz CT molecular complexity index is 3510. The lowest BCUT2D eigenvalue weighted by molar-refractivity contribution is 0.620. The minimum absolute atomic E-state index is 0.620. The maximum absolute atomic E-state index is 6.43. The molecule has 272 valence electrons. The standard InChI is InChI=1S/C53H33N3O2/c1-3-12-36(13-4-1)53-54-52-49(58-53)31-24-35-14-11-19-41(51(35)52)34-22-25-38(26-23-34)55(40-27-29-44-43-18-8-10-21-48(43)57-50(44)33-40)39-28-30-47-45(32-39)42-17-7-9-20-46(42)56(47)37-15-5-2-6-16-37/h1-33H. The van der Waals surface area contributed by atoms with E-state index in [0.29, 0.717) is 5.89 Å². The van der Waals surface area contributed by atoms with Crippen LogP contribution in [0.3, 0.4) is 0 Å². The molecule has 0 radical (unpaired) electrons. The zero-order chi connectivity index (χ0) is 38.2. The van der Waals surface area contributed by atoms with E-state index < -0.39 is 0 Å². The molecule has 0 spiro atoms. The normalized spacial score (nSPS) is 11.8. The number of furan rings is 1. The van der Waals surface area contributed by atoms with Crippen LogP contribution in [-0.4, -0.2) is 9.55 Å². The van der Waals surface area contributed by atoms with E-state index in [1.807, 2.05) is 48.5 Å². The van der Waals surface area contributed by atoms with Crippen molar-refractivity contribution in [2.45, 2.75) is 0 Å². The van der Waals surface area contributed by atoms with Crippen LogP contribution in [0.2, 0.25) is 0 Å². The Balaban J connectivity index is 1.03. The number of aromatic nitrogens is 2. The van der Waals surface area contributed by atoms with Crippen LogP contribution in [0.5, 0.6) is 0 Å². The molecule has 5 nitrogen and oxygen atoms in total. The van der Waals surface area contributed by atoms with E-state index in [9.17, 15) is 0 Å². The topological polar surface area (TPSA) is 47.3 Å². The second-order valence-corrected chi connectivity index (χ2v) is 14.8. The Morgan fingerprint density at radius 2 is 1.10 bits per heavy atom. The van der Waals surface area contributed by atoms with Crippen LogP contribution >= 0.6 is 0 Å². The van der Waals surface area contributed by atoms with Gasteiger partial charge in [0.05, 0.1) is 11.0 Å². The quantitative estimate of drug-likeness (QED) is 0.170. The van der Waals surface area contributed by atoms with Gasteiger partial charge < -0.3 is 18.3 Å². The van der Waals surface area contributed by atoms with Crippen molar-refractivity contribution in [2.24, 2.45) is 0 Å². The van der Waals surface area contributed by atoms with Gasteiger partial charge in [-0.2, -0.15) is 0 Å². The van der Waals surface area contributed by atoms with E-state index in [0.717, 1.165) is 88.8 Å². The van der Waals surface area contributed by atoms with Gasteiger partial charge in [0.1, 0.15) is 16.7 Å². The van der Waals surface area contributed by atoms with Crippen LogP contribution in [0.1, 0.15) is 0 Å². The molecule has 0 unspecified atom stereocenters. The Morgan fingerprint density at radius 1 is 0.414 bits per heavy atom. The highest BCUT2D eigenvalue weighted by molar-refractivity contribution is 6.13. The summed E-state index contributed by atoms with van der Waals surface area (Å²) < 4.78 is 15.1. The average Bonchev–Trinajstić information content (AvgIpc) is 3.99. The van der Waals surface area contributed by atoms with Gasteiger partial charge in [0.25, 0.3) is 0 Å². The molecule has 0 bridgehead atoms. The van der Waals surface area contributed by atoms with Crippen molar-refractivity contribution in [3.63, 3.8) is 0 Å². The average molecular weight is 744 g/mol. The molecule has 12 aromatic rings. The molecule has 3 heterocycles. The number of para-hydroxylation sites is 3. The summed E-state index contributed by atoms with van der Waals surface area (Å²) in [6.07, 6.45) is 0. The molecule has 58 heavy (non-hydrogen) atoms. The van der Waals surface area contributed by atoms with E-state index >= 15 is 0 Å². The second kappa shape index (κ2) is 12.8. The fourth-order valence-corrected chi connectivity index (χ4v) is 8.75. The third-order valence-electron chi connectivity index (χ3n) is 11.4. The van der Waals surface area contributed by atoms with Crippen molar-refractivity contribution < 1.29 is 8.83 Å². The number of benzene rings is 9. The first-order chi connectivity index (χ1) is 28.7. The van der Waals surface area contributed by atoms with Gasteiger partial charge in [-0.05, 0) is 101 Å². The highest BCUT2D eigenvalue weighted by atomic mass is 16.3. The predicted octanol–water partition coefficient (Wildman–Crippen LogP) is 14.8. The molecule has 3 aromatic heterocycles. The molecular weight excluding hydrogens is 711 g/mol. The monoisotopic (exact) mass is 743 g/mol. The maximum Gasteiger partial charge on any atom is 0.227 e. The van der Waals surface area contributed by atoms with Crippen molar-refractivity contribution in [3.05, 3.63) is 200 Å². The number of hydrogen-bond donors (Lipinski definition) is 0. The molecule has 0 aliphatic rings. The predicted molar refractivity (Wildman–Crippen MR) is 239 cm³/mol. The zero-order valence-corrected chi connectivity index (χ0v) is 31.2. The number of oxazole rings is 1. The molecule has 0 amide bonds. The summed E-state index contributed by atoms with van der Waals surface area (Å²) in [5.74, 6) is 0.620. The summed E-state index contributed by atoms with van der Waals surface area (Å²) >= 11 is 0. The van der Waals surface area contributed by atoms with E-state index in [1.165, 1.54) is 16.3 Å². The molecule has 9 aromatic carbocycles. The molecule has 0 saturated carbocycles. The molecule has 0 aliphatic carbocycles. The Morgan fingerprint density at radius 3 is 1.97 bits per heavy atom. The van der Waals surface area contributed by atoms with Gasteiger partial charge in [-0.25, -0.2) is 4.98 Å². The van der Waals surface area contributed by atoms with E-state index in [-0.39, 0.29) is 0 Å². The van der Waals surface area contributed by atoms with Crippen LogP contribution in [0.15, 0.2) is 209 Å². The fraction of sp³-hybridized carbons (Fsp3) is 0. The molecule has 0 saturated heterocycles. The van der Waals surface area contributed by atoms with E-state index in [1.54, 1.807) is 0 Å². The molecule has 0 atom stereocenters. The second-order valence-electron chi connectivity index (χ2n) is 14.8. The summed E-state index contributed by atoms with van der Waals surface area (Å²) in [4.78, 5) is 7.37. The molecule has 12 rings (SSSR count). The Labute approximate surface area is 333 Å². The highest BCUT2D eigenvalue weighted by Gasteiger charge is 2.20. The lowest BCUT2D eigenvalue weighted by Gasteiger charge is -2.26. The number of rotatable bonds is 6. The lowest BCUT2D eigenvalue weighted by atomic mass is 9.97. The SMILES string of the molecule is c1ccc(-c2nc3c(ccc4cccc(-c5ccc(N(c6ccc7c(c6)oc6ccccc67)c6ccc7c(c6)c6ccccc6n7-c6ccccc6)cc5)c43)o2)cc1. The van der Waals surface area contributed by atoms with Crippen molar-refractivity contribution in [3.8, 4) is 28.3 Å². The summed E-state index contributed by atoms with van der Waals surface area (Å²) in [5.41, 5.74) is 13.1. The summed E-state index contributed by atoms with van der Waals surface area (Å²) in [5, 5.41) is 6.79. The van der Waals surface area contributed by atoms with Crippen LogP contribution in [0.4, 0.5) is 17.1 Å². The summed E-state index contributed by atoms with van der Waals surface area (Å²) in [6, 6.07) is 70.4. The first-order valence-corrected chi connectivity index (χ1v) is 19.5. The van der Waals surface area contributed by atoms with Gasteiger partial charge in [0.15, 0.2) is 5.58 Å². The highest BCUT2D eigenvalue weighted by Crippen LogP contribution is 2.43. The van der Waals surface area contributed by atoms with Crippen LogP contribution in [0.25, 0.3) is 93.9 Å². The first kappa shape index (κ1) is 32.4. The van der Waals surface area contributed by atoms with E-state index in [2.05, 4.69) is 161 Å². The molecule has 5 heteroatoms. The van der Waals surface area contributed by atoms with Crippen molar-refractivity contribution >= 4 is 82.7 Å². The van der Waals surface area contributed by atoms with Gasteiger partial charge in [-0.15, -0.1) is 0 Å². The van der Waals surface area contributed by atoms with Gasteiger partial charge in [0, 0.05) is 61.3 Å². The number of hydrogen-bond acceptors (Lipinski definition) is 4. The largest absolute Gasteiger partial charge is 0.456 e. The van der Waals surface area contributed by atoms with Crippen LogP contribution in [0, 0.1) is 0 Å². The van der Waals surface area contributed by atoms with Crippen molar-refractivity contribution in [2.75, 3.05) is 4.90 Å². The molecule has 0 aliphatic heterocycles. The summed E-state index contributed by atoms with van der Waals surface area (Å²) in [6.45, 7) is 0. The Kier molecular flexibility index (Phi) is 7.16. The first-order valence-electron chi connectivity index (χ1n) is 19.5. The minimum atomic E-state index is 0.620. The van der Waals surface area contributed by atoms with Gasteiger partial charge in [-0.1, -0.05) is 109 Å². The van der Waals surface area contributed by atoms with Crippen molar-refractivity contribution in [1.82, 2.24) is 9.55 Å². The van der Waals surface area contributed by atoms with Crippen molar-refractivity contribution in [1.29, 1.82) is 0 Å². The number of nitrogens with zero attached hydrogens (tertiary/aromatic N) is 3. The summed E-state index contributed by atoms with van der Waals surface area (Å²) in [7, 11) is 0.